The van der Waals surface area contributed by atoms with E-state index in [9.17, 15) is 0 Å². The molecule has 0 N–H and O–H groups in total. The van der Waals surface area contributed by atoms with Crippen molar-refractivity contribution in [1.82, 2.24) is 14.5 Å². The summed E-state index contributed by atoms with van der Waals surface area (Å²) in [7, 11) is 0. The van der Waals surface area contributed by atoms with Crippen molar-refractivity contribution < 1.29 is 0 Å². The first-order chi connectivity index (χ1) is 11.1. The van der Waals surface area contributed by atoms with E-state index in [1.807, 2.05) is 36.4 Å². The molecule has 4 aromatic rings. The number of nitrogens with zero attached hydrogens (tertiary/aromatic N) is 3. The van der Waals surface area contributed by atoms with Crippen LogP contribution in [-0.2, 0) is 6.54 Å². The second-order valence-corrected chi connectivity index (χ2v) is 6.82. The molecule has 0 saturated heterocycles. The first kappa shape index (κ1) is 14.5. The van der Waals surface area contributed by atoms with Crippen LogP contribution < -0.4 is 0 Å². The highest BCUT2D eigenvalue weighted by molar-refractivity contribution is 6.31. The van der Waals surface area contributed by atoms with Gasteiger partial charge in [0, 0.05) is 17.0 Å². The molecule has 0 amide bonds. The van der Waals surface area contributed by atoms with Crippen LogP contribution >= 0.6 is 11.6 Å². The third-order valence-electron chi connectivity index (χ3n) is 4.24. The van der Waals surface area contributed by atoms with E-state index >= 15 is 0 Å². The Bertz CT molecular complexity index is 1020. The van der Waals surface area contributed by atoms with Crippen molar-refractivity contribution in [1.29, 1.82) is 0 Å². The standard InChI is InChI=1S/C19H18ClN3/c1-12(2)9-10-23-17-8-7-13(20)11-14(17)18-19(23)22-16-6-4-3-5-15(16)21-18/h3-8,11-12H,9-10H2,1-2H3. The van der Waals surface area contributed by atoms with Crippen LogP contribution in [0, 0.1) is 5.92 Å². The molecule has 0 fully saturated rings. The van der Waals surface area contributed by atoms with E-state index < -0.39 is 0 Å². The van der Waals surface area contributed by atoms with E-state index in [1.165, 1.54) is 0 Å². The number of rotatable bonds is 3. The summed E-state index contributed by atoms with van der Waals surface area (Å²) in [5.74, 6) is 0.642. The molecule has 2 heterocycles. The van der Waals surface area contributed by atoms with Crippen LogP contribution in [0.15, 0.2) is 42.5 Å². The molecular formula is C19H18ClN3. The second kappa shape index (κ2) is 5.50. The summed E-state index contributed by atoms with van der Waals surface area (Å²) in [6.07, 6.45) is 1.11. The molecule has 2 aromatic carbocycles. The predicted octanol–water partition coefficient (Wildman–Crippen LogP) is 5.44. The normalized spacial score (nSPS) is 12.0. The molecule has 0 bridgehead atoms. The third kappa shape index (κ3) is 2.45. The highest BCUT2D eigenvalue weighted by Crippen LogP contribution is 2.30. The third-order valence-corrected chi connectivity index (χ3v) is 4.48. The summed E-state index contributed by atoms with van der Waals surface area (Å²) < 4.78 is 2.28. The fourth-order valence-corrected chi connectivity index (χ4v) is 3.19. The van der Waals surface area contributed by atoms with Crippen LogP contribution in [-0.4, -0.2) is 14.5 Å². The number of hydrogen-bond donors (Lipinski definition) is 0. The zero-order chi connectivity index (χ0) is 16.0. The number of aromatic nitrogens is 3. The number of para-hydroxylation sites is 2. The van der Waals surface area contributed by atoms with Crippen LogP contribution in [0.2, 0.25) is 5.02 Å². The molecule has 0 aliphatic carbocycles. The summed E-state index contributed by atoms with van der Waals surface area (Å²) in [6, 6.07) is 14.0. The molecule has 0 aliphatic rings. The molecule has 0 spiro atoms. The van der Waals surface area contributed by atoms with E-state index in [2.05, 4.69) is 24.5 Å². The Balaban J connectivity index is 2.08. The van der Waals surface area contributed by atoms with Crippen molar-refractivity contribution in [3.8, 4) is 0 Å². The number of halogens is 1. The van der Waals surface area contributed by atoms with E-state index in [4.69, 9.17) is 21.6 Å². The number of hydrogen-bond acceptors (Lipinski definition) is 2. The molecule has 0 saturated carbocycles. The smallest absolute Gasteiger partial charge is 0.160 e. The molecule has 0 atom stereocenters. The first-order valence-corrected chi connectivity index (χ1v) is 8.35. The topological polar surface area (TPSA) is 30.7 Å². The van der Waals surface area contributed by atoms with Crippen molar-refractivity contribution >= 4 is 44.7 Å². The maximum atomic E-state index is 6.22. The Morgan fingerprint density at radius 2 is 1.78 bits per heavy atom. The van der Waals surface area contributed by atoms with Gasteiger partial charge in [0.25, 0.3) is 0 Å². The predicted molar refractivity (Wildman–Crippen MR) is 97.0 cm³/mol. The molecular weight excluding hydrogens is 306 g/mol. The molecule has 2 aromatic heterocycles. The SMILES string of the molecule is CC(C)CCn1c2ccc(Cl)cc2c2nc3ccccc3nc21. The minimum absolute atomic E-state index is 0.642. The van der Waals surface area contributed by atoms with Crippen LogP contribution in [0.25, 0.3) is 33.1 Å². The van der Waals surface area contributed by atoms with E-state index in [0.29, 0.717) is 5.92 Å². The first-order valence-electron chi connectivity index (χ1n) is 7.98. The highest BCUT2D eigenvalue weighted by Gasteiger charge is 2.15. The summed E-state index contributed by atoms with van der Waals surface area (Å²) in [5, 5.41) is 1.81. The zero-order valence-electron chi connectivity index (χ0n) is 13.3. The lowest BCUT2D eigenvalue weighted by molar-refractivity contribution is 0.529. The van der Waals surface area contributed by atoms with Crippen molar-refractivity contribution in [3.05, 3.63) is 47.5 Å². The van der Waals surface area contributed by atoms with Gasteiger partial charge in [0.2, 0.25) is 0 Å². The average molecular weight is 324 g/mol. The van der Waals surface area contributed by atoms with Gasteiger partial charge in [0.1, 0.15) is 5.52 Å². The molecule has 3 nitrogen and oxygen atoms in total. The van der Waals surface area contributed by atoms with Gasteiger partial charge < -0.3 is 4.57 Å². The molecule has 0 unspecified atom stereocenters. The van der Waals surface area contributed by atoms with Gasteiger partial charge in [-0.05, 0) is 42.7 Å². The number of fused-ring (bicyclic) bond motifs is 4. The minimum Gasteiger partial charge on any atom is -0.324 e. The molecule has 23 heavy (non-hydrogen) atoms. The van der Waals surface area contributed by atoms with Gasteiger partial charge in [-0.3, -0.25) is 0 Å². The maximum absolute atomic E-state index is 6.22. The monoisotopic (exact) mass is 323 g/mol. The summed E-state index contributed by atoms with van der Waals surface area (Å²) in [4.78, 5) is 9.73. The van der Waals surface area contributed by atoms with Gasteiger partial charge in [-0.2, -0.15) is 0 Å². The highest BCUT2D eigenvalue weighted by atomic mass is 35.5. The number of aryl methyl sites for hydroxylation is 1. The van der Waals surface area contributed by atoms with Gasteiger partial charge in [-0.15, -0.1) is 0 Å². The Kier molecular flexibility index (Phi) is 3.46. The molecule has 116 valence electrons. The Labute approximate surface area is 139 Å². The lowest BCUT2D eigenvalue weighted by Crippen LogP contribution is -2.02. The van der Waals surface area contributed by atoms with E-state index in [-0.39, 0.29) is 0 Å². The van der Waals surface area contributed by atoms with Crippen molar-refractivity contribution in [2.24, 2.45) is 5.92 Å². The van der Waals surface area contributed by atoms with Crippen LogP contribution in [0.5, 0.6) is 0 Å². The van der Waals surface area contributed by atoms with Gasteiger partial charge >= 0.3 is 0 Å². The van der Waals surface area contributed by atoms with Gasteiger partial charge in [0.05, 0.1) is 16.6 Å². The summed E-state index contributed by atoms with van der Waals surface area (Å²) in [6.45, 7) is 5.42. The lowest BCUT2D eigenvalue weighted by atomic mass is 10.1. The van der Waals surface area contributed by atoms with Crippen molar-refractivity contribution in [3.63, 3.8) is 0 Å². The molecule has 4 heteroatoms. The lowest BCUT2D eigenvalue weighted by Gasteiger charge is -2.09. The van der Waals surface area contributed by atoms with E-state index in [0.717, 1.165) is 51.1 Å². The van der Waals surface area contributed by atoms with Crippen LogP contribution in [0.3, 0.4) is 0 Å². The van der Waals surface area contributed by atoms with Crippen LogP contribution in [0.1, 0.15) is 20.3 Å². The zero-order valence-corrected chi connectivity index (χ0v) is 14.0. The fourth-order valence-electron chi connectivity index (χ4n) is 3.02. The molecule has 0 aliphatic heterocycles. The molecule has 0 radical (unpaired) electrons. The average Bonchev–Trinajstić information content (AvgIpc) is 2.83. The van der Waals surface area contributed by atoms with Crippen molar-refractivity contribution in [2.75, 3.05) is 0 Å². The summed E-state index contributed by atoms with van der Waals surface area (Å²) >= 11 is 6.22. The Morgan fingerprint density at radius 3 is 2.52 bits per heavy atom. The Hall–Kier alpha value is -2.13. The van der Waals surface area contributed by atoms with Crippen molar-refractivity contribution in [2.45, 2.75) is 26.8 Å². The largest absolute Gasteiger partial charge is 0.324 e. The fraction of sp³-hybridized carbons (Fsp3) is 0.263. The second-order valence-electron chi connectivity index (χ2n) is 6.38. The number of benzene rings is 2. The Morgan fingerprint density at radius 1 is 1.04 bits per heavy atom. The summed E-state index contributed by atoms with van der Waals surface area (Å²) in [5.41, 5.74) is 4.88. The maximum Gasteiger partial charge on any atom is 0.160 e. The quantitative estimate of drug-likeness (QED) is 0.503. The van der Waals surface area contributed by atoms with E-state index in [1.54, 1.807) is 0 Å². The minimum atomic E-state index is 0.642. The van der Waals surface area contributed by atoms with Gasteiger partial charge in [-0.25, -0.2) is 9.97 Å². The van der Waals surface area contributed by atoms with Gasteiger partial charge in [-0.1, -0.05) is 37.6 Å². The van der Waals surface area contributed by atoms with Gasteiger partial charge in [0.15, 0.2) is 5.65 Å². The van der Waals surface area contributed by atoms with Crippen LogP contribution in [0.4, 0.5) is 0 Å². The molecule has 4 rings (SSSR count).